The van der Waals surface area contributed by atoms with Crippen molar-refractivity contribution in [2.24, 2.45) is 5.73 Å². The number of hydrogen-bond acceptors (Lipinski definition) is 1. The molecule has 0 atom stereocenters. The second-order valence-corrected chi connectivity index (χ2v) is 1.75. The van der Waals surface area contributed by atoms with Crippen LogP contribution in [0.5, 0.6) is 0 Å². The van der Waals surface area contributed by atoms with E-state index in [1.54, 1.807) is 6.92 Å². The molecule has 0 fully saturated rings. The third-order valence-electron chi connectivity index (χ3n) is 1.01. The molecule has 52 valence electrons. The van der Waals surface area contributed by atoms with Crippen LogP contribution >= 0.6 is 0 Å². The zero-order chi connectivity index (χ0) is 7.28. The van der Waals surface area contributed by atoms with E-state index in [9.17, 15) is 4.39 Å². The van der Waals surface area contributed by atoms with Crippen molar-refractivity contribution in [3.05, 3.63) is 23.7 Å². The molecule has 2 N–H and O–H groups in total. The highest BCUT2D eigenvalue weighted by atomic mass is 19.1. The number of allylic oxidation sites excluding steroid dienone is 4. The Labute approximate surface area is 55.1 Å². The maximum atomic E-state index is 12.3. The van der Waals surface area contributed by atoms with E-state index >= 15 is 0 Å². The Hall–Kier alpha value is -0.790. The summed E-state index contributed by atoms with van der Waals surface area (Å²) in [5.41, 5.74) is 5.90. The van der Waals surface area contributed by atoms with Crippen LogP contribution in [0.3, 0.4) is 0 Å². The van der Waals surface area contributed by atoms with Gasteiger partial charge in [-0.2, -0.15) is 0 Å². The molecule has 0 aromatic carbocycles. The minimum absolute atomic E-state index is 0.269. The molecule has 0 amide bonds. The van der Waals surface area contributed by atoms with Crippen LogP contribution in [0.1, 0.15) is 20.3 Å². The molecule has 9 heavy (non-hydrogen) atoms. The molecular formula is C7H12FN. The first-order valence-electron chi connectivity index (χ1n) is 2.98. The summed E-state index contributed by atoms with van der Waals surface area (Å²) < 4.78 is 12.3. The average Bonchev–Trinajstić information content (AvgIpc) is 1.87. The van der Waals surface area contributed by atoms with E-state index in [0.29, 0.717) is 12.1 Å². The topological polar surface area (TPSA) is 26.0 Å². The van der Waals surface area contributed by atoms with Crippen molar-refractivity contribution in [2.75, 3.05) is 0 Å². The second kappa shape index (κ2) is 4.13. The predicted octanol–water partition coefficient (Wildman–Crippen LogP) is 2.11. The van der Waals surface area contributed by atoms with Crippen LogP contribution in [0, 0.1) is 0 Å². The van der Waals surface area contributed by atoms with Crippen LogP contribution in [0.2, 0.25) is 0 Å². The molecule has 0 aromatic heterocycles. The average molecular weight is 129 g/mol. The predicted molar refractivity (Wildman–Crippen MR) is 37.4 cm³/mol. The molecule has 2 heteroatoms. The highest BCUT2D eigenvalue weighted by Gasteiger charge is 1.86. The van der Waals surface area contributed by atoms with E-state index in [2.05, 4.69) is 0 Å². The lowest BCUT2D eigenvalue weighted by molar-refractivity contribution is 0.661. The van der Waals surface area contributed by atoms with Gasteiger partial charge in [0.05, 0.1) is 0 Å². The van der Waals surface area contributed by atoms with Gasteiger partial charge < -0.3 is 5.73 Å². The molecule has 0 saturated heterocycles. The molecule has 0 saturated carbocycles. The van der Waals surface area contributed by atoms with Gasteiger partial charge in [-0.1, -0.05) is 13.0 Å². The first-order valence-corrected chi connectivity index (χ1v) is 2.98. The SMILES string of the molecule is C/C=C(F)\C=C(\N)CC. The molecule has 0 aliphatic heterocycles. The van der Waals surface area contributed by atoms with Gasteiger partial charge in [0.15, 0.2) is 0 Å². The normalized spacial score (nSPS) is 14.1. The van der Waals surface area contributed by atoms with Crippen LogP contribution in [0.4, 0.5) is 4.39 Å². The monoisotopic (exact) mass is 129 g/mol. The number of rotatable bonds is 2. The fraction of sp³-hybridized carbons (Fsp3) is 0.429. The number of nitrogens with two attached hydrogens (primary N) is 1. The maximum absolute atomic E-state index is 12.3. The molecule has 0 bridgehead atoms. The fourth-order valence-electron chi connectivity index (χ4n) is 0.363. The fourth-order valence-corrected chi connectivity index (χ4v) is 0.363. The van der Waals surface area contributed by atoms with Crippen LogP contribution in [-0.2, 0) is 0 Å². The Bertz CT molecular complexity index is 136. The molecule has 0 rings (SSSR count). The van der Waals surface area contributed by atoms with Crippen molar-refractivity contribution in [3.8, 4) is 0 Å². The van der Waals surface area contributed by atoms with Crippen molar-refractivity contribution < 1.29 is 4.39 Å². The number of halogens is 1. The van der Waals surface area contributed by atoms with Gasteiger partial charge in [-0.05, 0) is 19.4 Å². The van der Waals surface area contributed by atoms with Gasteiger partial charge in [0, 0.05) is 5.70 Å². The van der Waals surface area contributed by atoms with Gasteiger partial charge in [-0.15, -0.1) is 0 Å². The molecule has 0 unspecified atom stereocenters. The van der Waals surface area contributed by atoms with E-state index in [1.807, 2.05) is 6.92 Å². The van der Waals surface area contributed by atoms with E-state index < -0.39 is 0 Å². The van der Waals surface area contributed by atoms with E-state index in [4.69, 9.17) is 5.73 Å². The second-order valence-electron chi connectivity index (χ2n) is 1.75. The standard InChI is InChI=1S/C7H12FN/c1-3-6(8)5-7(9)4-2/h3,5H,4,9H2,1-2H3/b6-3+,7-5+. The first-order chi connectivity index (χ1) is 4.20. The summed E-state index contributed by atoms with van der Waals surface area (Å²) in [4.78, 5) is 0. The Morgan fingerprint density at radius 3 is 2.56 bits per heavy atom. The Kier molecular flexibility index (Phi) is 3.76. The van der Waals surface area contributed by atoms with Crippen molar-refractivity contribution in [3.63, 3.8) is 0 Å². The molecule has 0 radical (unpaired) electrons. The molecule has 1 nitrogen and oxygen atoms in total. The van der Waals surface area contributed by atoms with Gasteiger partial charge >= 0.3 is 0 Å². The third kappa shape index (κ3) is 3.76. The van der Waals surface area contributed by atoms with Gasteiger partial charge in [-0.25, -0.2) is 4.39 Å². The van der Waals surface area contributed by atoms with Gasteiger partial charge in [0.25, 0.3) is 0 Å². The maximum Gasteiger partial charge on any atom is 0.120 e. The molecule has 0 aliphatic rings. The summed E-state index contributed by atoms with van der Waals surface area (Å²) in [6.45, 7) is 3.52. The molecule has 0 aliphatic carbocycles. The molecular weight excluding hydrogens is 117 g/mol. The Morgan fingerprint density at radius 1 is 1.67 bits per heavy atom. The Balaban J connectivity index is 3.95. The van der Waals surface area contributed by atoms with E-state index in [0.717, 1.165) is 0 Å². The lowest BCUT2D eigenvalue weighted by Crippen LogP contribution is -1.93. The lowest BCUT2D eigenvalue weighted by atomic mass is 10.3. The van der Waals surface area contributed by atoms with Crippen LogP contribution in [0.25, 0.3) is 0 Å². The minimum atomic E-state index is -0.269. The van der Waals surface area contributed by atoms with Crippen molar-refractivity contribution >= 4 is 0 Å². The zero-order valence-corrected chi connectivity index (χ0v) is 5.82. The van der Waals surface area contributed by atoms with E-state index in [1.165, 1.54) is 12.2 Å². The van der Waals surface area contributed by atoms with Crippen LogP contribution in [0.15, 0.2) is 23.7 Å². The van der Waals surface area contributed by atoms with Gasteiger partial charge in [0.1, 0.15) is 5.83 Å². The smallest absolute Gasteiger partial charge is 0.120 e. The summed E-state index contributed by atoms with van der Waals surface area (Å²) in [7, 11) is 0. The lowest BCUT2D eigenvalue weighted by Gasteiger charge is -1.91. The van der Waals surface area contributed by atoms with Gasteiger partial charge in [-0.3, -0.25) is 0 Å². The molecule has 0 aromatic rings. The Morgan fingerprint density at radius 2 is 2.22 bits per heavy atom. The summed E-state index contributed by atoms with van der Waals surface area (Å²) in [6.07, 6.45) is 3.41. The third-order valence-corrected chi connectivity index (χ3v) is 1.01. The number of hydrogen-bond donors (Lipinski definition) is 1. The largest absolute Gasteiger partial charge is 0.402 e. The van der Waals surface area contributed by atoms with Crippen LogP contribution < -0.4 is 5.73 Å². The summed E-state index contributed by atoms with van der Waals surface area (Å²) in [6, 6.07) is 0. The highest BCUT2D eigenvalue weighted by Crippen LogP contribution is 2.01. The summed E-state index contributed by atoms with van der Waals surface area (Å²) >= 11 is 0. The summed E-state index contributed by atoms with van der Waals surface area (Å²) in [5.74, 6) is -0.269. The van der Waals surface area contributed by atoms with Crippen molar-refractivity contribution in [1.29, 1.82) is 0 Å². The highest BCUT2D eigenvalue weighted by molar-refractivity contribution is 5.14. The summed E-state index contributed by atoms with van der Waals surface area (Å²) in [5, 5.41) is 0. The molecule has 0 spiro atoms. The molecule has 0 heterocycles. The minimum Gasteiger partial charge on any atom is -0.402 e. The van der Waals surface area contributed by atoms with Crippen molar-refractivity contribution in [1.82, 2.24) is 0 Å². The zero-order valence-electron chi connectivity index (χ0n) is 5.82. The van der Waals surface area contributed by atoms with Gasteiger partial charge in [0.2, 0.25) is 0 Å². The van der Waals surface area contributed by atoms with E-state index in [-0.39, 0.29) is 5.83 Å². The van der Waals surface area contributed by atoms with Crippen molar-refractivity contribution in [2.45, 2.75) is 20.3 Å². The quantitative estimate of drug-likeness (QED) is 0.568. The first kappa shape index (κ1) is 8.21. The van der Waals surface area contributed by atoms with Crippen LogP contribution in [-0.4, -0.2) is 0 Å².